The SMILES string of the molecule is CCCCS(=O)(=O)C1Cc2ccccc2C1NCCC. The van der Waals surface area contributed by atoms with E-state index in [1.165, 1.54) is 11.1 Å². The molecule has 1 aliphatic rings. The molecular formula is C16H25NO2S. The van der Waals surface area contributed by atoms with Gasteiger partial charge in [0, 0.05) is 6.04 Å². The smallest absolute Gasteiger partial charge is 0.155 e. The van der Waals surface area contributed by atoms with E-state index in [0.29, 0.717) is 12.2 Å². The molecule has 1 aromatic rings. The largest absolute Gasteiger partial charge is 0.309 e. The van der Waals surface area contributed by atoms with E-state index in [1.807, 2.05) is 19.1 Å². The second-order valence-electron chi connectivity index (χ2n) is 5.59. The first-order chi connectivity index (χ1) is 9.60. The Kier molecular flexibility index (Phi) is 5.22. The lowest BCUT2D eigenvalue weighted by atomic mass is 10.1. The van der Waals surface area contributed by atoms with E-state index in [0.717, 1.165) is 25.8 Å². The van der Waals surface area contributed by atoms with Crippen LogP contribution in [-0.2, 0) is 16.3 Å². The fourth-order valence-electron chi connectivity index (χ4n) is 2.93. The molecule has 0 amide bonds. The molecule has 2 unspecified atom stereocenters. The van der Waals surface area contributed by atoms with Gasteiger partial charge in [-0.05, 0) is 36.9 Å². The lowest BCUT2D eigenvalue weighted by Gasteiger charge is -2.22. The molecule has 0 bridgehead atoms. The Morgan fingerprint density at radius 2 is 1.95 bits per heavy atom. The zero-order valence-electron chi connectivity index (χ0n) is 12.4. The van der Waals surface area contributed by atoms with Gasteiger partial charge < -0.3 is 5.32 Å². The summed E-state index contributed by atoms with van der Waals surface area (Å²) < 4.78 is 25.2. The van der Waals surface area contributed by atoms with Crippen molar-refractivity contribution < 1.29 is 8.42 Å². The molecule has 0 saturated carbocycles. The highest BCUT2D eigenvalue weighted by Gasteiger charge is 2.39. The predicted octanol–water partition coefficient (Wildman–Crippen LogP) is 2.87. The van der Waals surface area contributed by atoms with E-state index in [9.17, 15) is 8.42 Å². The van der Waals surface area contributed by atoms with Crippen LogP contribution in [0, 0.1) is 0 Å². The van der Waals surface area contributed by atoms with Crippen molar-refractivity contribution in [1.82, 2.24) is 5.32 Å². The van der Waals surface area contributed by atoms with Gasteiger partial charge in [-0.15, -0.1) is 0 Å². The number of benzene rings is 1. The number of fused-ring (bicyclic) bond motifs is 1. The van der Waals surface area contributed by atoms with Crippen LogP contribution in [0.2, 0.25) is 0 Å². The first-order valence-corrected chi connectivity index (χ1v) is 9.34. The average Bonchev–Trinajstić information content (AvgIpc) is 2.82. The van der Waals surface area contributed by atoms with Crippen LogP contribution in [0.5, 0.6) is 0 Å². The molecule has 4 heteroatoms. The Morgan fingerprint density at radius 1 is 1.20 bits per heavy atom. The van der Waals surface area contributed by atoms with E-state index in [1.54, 1.807) is 0 Å². The van der Waals surface area contributed by atoms with E-state index < -0.39 is 9.84 Å². The van der Waals surface area contributed by atoms with Crippen molar-refractivity contribution in [3.63, 3.8) is 0 Å². The summed E-state index contributed by atoms with van der Waals surface area (Å²) in [5.74, 6) is 0.312. The van der Waals surface area contributed by atoms with Crippen LogP contribution in [0.1, 0.15) is 50.3 Å². The normalized spacial score (nSPS) is 21.9. The van der Waals surface area contributed by atoms with Crippen LogP contribution >= 0.6 is 0 Å². The maximum atomic E-state index is 12.6. The van der Waals surface area contributed by atoms with Crippen molar-refractivity contribution in [2.24, 2.45) is 0 Å². The van der Waals surface area contributed by atoms with Crippen LogP contribution in [0.4, 0.5) is 0 Å². The Hall–Kier alpha value is -0.870. The van der Waals surface area contributed by atoms with Crippen LogP contribution in [-0.4, -0.2) is 26.0 Å². The molecule has 0 radical (unpaired) electrons. The van der Waals surface area contributed by atoms with Crippen molar-refractivity contribution in [2.45, 2.75) is 50.8 Å². The minimum absolute atomic E-state index is 0.0343. The molecule has 1 aromatic carbocycles. The Bertz CT molecular complexity index is 539. The number of hydrogen-bond acceptors (Lipinski definition) is 3. The molecule has 0 saturated heterocycles. The average molecular weight is 295 g/mol. The van der Waals surface area contributed by atoms with Gasteiger partial charge in [-0.1, -0.05) is 44.5 Å². The Labute approximate surface area is 122 Å². The van der Waals surface area contributed by atoms with Gasteiger partial charge in [0.2, 0.25) is 0 Å². The van der Waals surface area contributed by atoms with Crippen molar-refractivity contribution in [3.05, 3.63) is 35.4 Å². The summed E-state index contributed by atoms with van der Waals surface area (Å²) >= 11 is 0. The molecule has 2 rings (SSSR count). The number of rotatable bonds is 7. The second-order valence-corrected chi connectivity index (χ2v) is 7.93. The molecule has 0 fully saturated rings. The third-order valence-corrected chi connectivity index (χ3v) is 6.26. The molecule has 1 N–H and O–H groups in total. The highest BCUT2D eigenvalue weighted by atomic mass is 32.2. The molecule has 1 aliphatic carbocycles. The van der Waals surface area contributed by atoms with Crippen molar-refractivity contribution >= 4 is 9.84 Å². The molecule has 2 atom stereocenters. The van der Waals surface area contributed by atoms with Crippen molar-refractivity contribution in [1.29, 1.82) is 0 Å². The number of unbranched alkanes of at least 4 members (excludes halogenated alkanes) is 1. The summed E-state index contributed by atoms with van der Waals surface area (Å²) in [4.78, 5) is 0. The molecule has 0 heterocycles. The number of nitrogens with one attached hydrogen (secondary N) is 1. The third kappa shape index (κ3) is 3.23. The third-order valence-electron chi connectivity index (χ3n) is 4.04. The van der Waals surface area contributed by atoms with Gasteiger partial charge in [0.25, 0.3) is 0 Å². The van der Waals surface area contributed by atoms with E-state index in [2.05, 4.69) is 24.4 Å². The van der Waals surface area contributed by atoms with Gasteiger partial charge in [0.1, 0.15) is 0 Å². The van der Waals surface area contributed by atoms with Crippen molar-refractivity contribution in [3.8, 4) is 0 Å². The van der Waals surface area contributed by atoms with Gasteiger partial charge in [-0.25, -0.2) is 8.42 Å². The van der Waals surface area contributed by atoms with Crippen molar-refractivity contribution in [2.75, 3.05) is 12.3 Å². The standard InChI is InChI=1S/C16H25NO2S/c1-3-5-11-20(18,19)15-12-13-8-6-7-9-14(13)16(15)17-10-4-2/h6-9,15-17H,3-5,10-12H2,1-2H3. The predicted molar refractivity (Wildman–Crippen MR) is 83.7 cm³/mol. The van der Waals surface area contributed by atoms with Gasteiger partial charge in [0.15, 0.2) is 9.84 Å². The van der Waals surface area contributed by atoms with E-state index in [4.69, 9.17) is 0 Å². The lowest BCUT2D eigenvalue weighted by Crippen LogP contribution is -2.36. The van der Waals surface area contributed by atoms with Gasteiger partial charge in [-0.3, -0.25) is 0 Å². The maximum absolute atomic E-state index is 12.6. The summed E-state index contributed by atoms with van der Waals surface area (Å²) in [6.45, 7) is 5.00. The molecule has 20 heavy (non-hydrogen) atoms. The van der Waals surface area contributed by atoms with Crippen LogP contribution < -0.4 is 5.32 Å². The quantitative estimate of drug-likeness (QED) is 0.841. The lowest BCUT2D eigenvalue weighted by molar-refractivity contribution is 0.504. The van der Waals surface area contributed by atoms with Gasteiger partial charge in [0.05, 0.1) is 11.0 Å². The Balaban J connectivity index is 2.25. The van der Waals surface area contributed by atoms with Gasteiger partial charge in [-0.2, -0.15) is 0 Å². The molecule has 0 aromatic heterocycles. The van der Waals surface area contributed by atoms with Crippen LogP contribution in [0.25, 0.3) is 0 Å². The topological polar surface area (TPSA) is 46.2 Å². The zero-order valence-corrected chi connectivity index (χ0v) is 13.2. The van der Waals surface area contributed by atoms with Crippen LogP contribution in [0.3, 0.4) is 0 Å². The molecule has 3 nitrogen and oxygen atoms in total. The molecule has 0 aliphatic heterocycles. The summed E-state index contributed by atoms with van der Waals surface area (Å²) in [7, 11) is -3.03. The minimum atomic E-state index is -3.03. The Morgan fingerprint density at radius 3 is 2.65 bits per heavy atom. The molecule has 0 spiro atoms. The highest BCUT2D eigenvalue weighted by molar-refractivity contribution is 7.92. The van der Waals surface area contributed by atoms with Crippen LogP contribution in [0.15, 0.2) is 24.3 Å². The highest BCUT2D eigenvalue weighted by Crippen LogP contribution is 2.36. The fourth-order valence-corrected chi connectivity index (χ4v) is 5.02. The monoisotopic (exact) mass is 295 g/mol. The molecular weight excluding hydrogens is 270 g/mol. The maximum Gasteiger partial charge on any atom is 0.155 e. The summed E-state index contributed by atoms with van der Waals surface area (Å²) in [6.07, 6.45) is 3.35. The van der Waals surface area contributed by atoms with E-state index >= 15 is 0 Å². The summed E-state index contributed by atoms with van der Waals surface area (Å²) in [5, 5.41) is 3.15. The molecule has 112 valence electrons. The summed E-state index contributed by atoms with van der Waals surface area (Å²) in [5.41, 5.74) is 2.36. The van der Waals surface area contributed by atoms with E-state index in [-0.39, 0.29) is 11.3 Å². The first kappa shape index (κ1) is 15.5. The minimum Gasteiger partial charge on any atom is -0.309 e. The van der Waals surface area contributed by atoms with Gasteiger partial charge >= 0.3 is 0 Å². The fraction of sp³-hybridized carbons (Fsp3) is 0.625. The zero-order chi connectivity index (χ0) is 14.6. The number of sulfone groups is 1. The number of hydrogen-bond donors (Lipinski definition) is 1. The first-order valence-electron chi connectivity index (χ1n) is 7.63. The summed E-state index contributed by atoms with van der Waals surface area (Å²) in [6, 6.07) is 8.09. The second kappa shape index (κ2) is 6.72.